The number of furan rings is 1. The quantitative estimate of drug-likeness (QED) is 0.617. The van der Waals surface area contributed by atoms with Gasteiger partial charge in [-0.2, -0.15) is 4.31 Å². The highest BCUT2D eigenvalue weighted by atomic mass is 32.2. The van der Waals surface area contributed by atoms with Gasteiger partial charge in [-0.25, -0.2) is 12.8 Å². The third kappa shape index (κ3) is 4.18. The van der Waals surface area contributed by atoms with E-state index in [0.717, 1.165) is 4.88 Å². The summed E-state index contributed by atoms with van der Waals surface area (Å²) in [5.41, 5.74) is 0.389. The second-order valence-corrected chi connectivity index (χ2v) is 8.60. The van der Waals surface area contributed by atoms with Gasteiger partial charge in [-0.3, -0.25) is 0 Å². The lowest BCUT2D eigenvalue weighted by Gasteiger charge is -2.22. The van der Waals surface area contributed by atoms with Crippen molar-refractivity contribution in [2.24, 2.45) is 0 Å². The minimum atomic E-state index is -3.77. The van der Waals surface area contributed by atoms with E-state index < -0.39 is 15.8 Å². The highest BCUT2D eigenvalue weighted by molar-refractivity contribution is 7.89. The van der Waals surface area contributed by atoms with E-state index >= 15 is 0 Å². The molecule has 0 unspecified atom stereocenters. The van der Waals surface area contributed by atoms with Crippen molar-refractivity contribution in [3.05, 3.63) is 76.1 Å². The first-order valence-electron chi connectivity index (χ1n) is 7.78. The van der Waals surface area contributed by atoms with Crippen LogP contribution in [0.1, 0.15) is 16.2 Å². The van der Waals surface area contributed by atoms with Crippen LogP contribution >= 0.6 is 11.3 Å². The Bertz CT molecular complexity index is 919. The fourth-order valence-corrected chi connectivity index (χ4v) is 4.90. The number of hydrogen-bond donors (Lipinski definition) is 0. The van der Waals surface area contributed by atoms with Crippen molar-refractivity contribution in [3.63, 3.8) is 0 Å². The number of sulfonamides is 1. The molecule has 25 heavy (non-hydrogen) atoms. The lowest BCUT2D eigenvalue weighted by atomic mass is 10.2. The Morgan fingerprint density at radius 2 is 2.04 bits per heavy atom. The molecular formula is C18H18FNO3S2. The monoisotopic (exact) mass is 379 g/mol. The average molecular weight is 379 g/mol. The maximum Gasteiger partial charge on any atom is 0.243 e. The molecule has 0 saturated heterocycles. The zero-order valence-electron chi connectivity index (χ0n) is 13.7. The second-order valence-electron chi connectivity index (χ2n) is 5.66. The molecule has 0 amide bonds. The van der Waals surface area contributed by atoms with E-state index in [4.69, 9.17) is 4.42 Å². The van der Waals surface area contributed by atoms with Gasteiger partial charge >= 0.3 is 0 Å². The molecule has 0 bridgehead atoms. The minimum absolute atomic E-state index is 0.117. The van der Waals surface area contributed by atoms with Crippen LogP contribution in [0.15, 0.2) is 63.4 Å². The standard InChI is InChI=1S/C18H18FNO3S2/c1-14-12-15(19)6-7-18(14)25(21,22)20(13-16-4-2-10-23-16)9-8-17-5-3-11-24-17/h2-7,10-12H,8-9,13H2,1H3. The topological polar surface area (TPSA) is 50.5 Å². The molecule has 7 heteroatoms. The molecule has 2 aromatic heterocycles. The van der Waals surface area contributed by atoms with Gasteiger partial charge in [0, 0.05) is 11.4 Å². The van der Waals surface area contributed by atoms with E-state index in [1.165, 1.54) is 28.8 Å². The van der Waals surface area contributed by atoms with Gasteiger partial charge in [0.25, 0.3) is 0 Å². The van der Waals surface area contributed by atoms with Crippen LogP contribution in [0.3, 0.4) is 0 Å². The van der Waals surface area contributed by atoms with Gasteiger partial charge in [0.15, 0.2) is 0 Å². The average Bonchev–Trinajstić information content (AvgIpc) is 3.24. The number of thiophene rings is 1. The lowest BCUT2D eigenvalue weighted by molar-refractivity contribution is 0.366. The summed E-state index contributed by atoms with van der Waals surface area (Å²) >= 11 is 1.59. The van der Waals surface area contributed by atoms with Gasteiger partial charge in [-0.1, -0.05) is 6.07 Å². The van der Waals surface area contributed by atoms with Crippen LogP contribution < -0.4 is 0 Å². The number of aryl methyl sites for hydroxylation is 1. The summed E-state index contributed by atoms with van der Waals surface area (Å²) in [6, 6.07) is 11.1. The molecule has 0 spiro atoms. The predicted molar refractivity (Wildman–Crippen MR) is 95.5 cm³/mol. The third-order valence-corrected chi connectivity index (χ3v) is 6.80. The van der Waals surface area contributed by atoms with Crippen molar-refractivity contribution in [2.45, 2.75) is 24.8 Å². The zero-order valence-corrected chi connectivity index (χ0v) is 15.3. The van der Waals surface area contributed by atoms with Crippen molar-refractivity contribution < 1.29 is 17.2 Å². The molecule has 0 fully saturated rings. The molecular weight excluding hydrogens is 361 g/mol. The van der Waals surface area contributed by atoms with E-state index in [1.54, 1.807) is 30.4 Å². The Morgan fingerprint density at radius 1 is 1.20 bits per heavy atom. The first-order valence-corrected chi connectivity index (χ1v) is 10.1. The Hall–Kier alpha value is -1.96. The summed E-state index contributed by atoms with van der Waals surface area (Å²) in [7, 11) is -3.77. The molecule has 4 nitrogen and oxygen atoms in total. The van der Waals surface area contributed by atoms with Crippen LogP contribution in [-0.2, 0) is 23.0 Å². The third-order valence-electron chi connectivity index (χ3n) is 3.85. The van der Waals surface area contributed by atoms with E-state index in [1.807, 2.05) is 17.5 Å². The lowest BCUT2D eigenvalue weighted by Crippen LogP contribution is -2.32. The molecule has 0 saturated carbocycles. The van der Waals surface area contributed by atoms with Crippen molar-refractivity contribution in [2.75, 3.05) is 6.54 Å². The van der Waals surface area contributed by atoms with Gasteiger partial charge in [0.1, 0.15) is 11.6 Å². The van der Waals surface area contributed by atoms with Crippen LogP contribution in [0.2, 0.25) is 0 Å². The first-order chi connectivity index (χ1) is 12.0. The summed E-state index contributed by atoms with van der Waals surface area (Å²) in [6.45, 7) is 2.05. The minimum Gasteiger partial charge on any atom is -0.468 e. The molecule has 0 aliphatic carbocycles. The van der Waals surface area contributed by atoms with Crippen molar-refractivity contribution >= 4 is 21.4 Å². The summed E-state index contributed by atoms with van der Waals surface area (Å²) < 4.78 is 46.3. The summed E-state index contributed by atoms with van der Waals surface area (Å²) in [5, 5.41) is 1.96. The summed E-state index contributed by atoms with van der Waals surface area (Å²) in [6.07, 6.45) is 2.13. The van der Waals surface area contributed by atoms with Gasteiger partial charge < -0.3 is 4.42 Å². The molecule has 132 valence electrons. The Morgan fingerprint density at radius 3 is 2.68 bits per heavy atom. The van der Waals surface area contributed by atoms with Crippen LogP contribution in [-0.4, -0.2) is 19.3 Å². The van der Waals surface area contributed by atoms with Crippen LogP contribution in [0, 0.1) is 12.7 Å². The van der Waals surface area contributed by atoms with Crippen LogP contribution in [0.5, 0.6) is 0 Å². The van der Waals surface area contributed by atoms with Gasteiger partial charge in [-0.15, -0.1) is 11.3 Å². The Kier molecular flexibility index (Phi) is 5.36. The van der Waals surface area contributed by atoms with Gasteiger partial charge in [-0.05, 0) is 60.7 Å². The number of rotatable bonds is 7. The van der Waals surface area contributed by atoms with Crippen molar-refractivity contribution in [3.8, 4) is 0 Å². The smallest absolute Gasteiger partial charge is 0.243 e. The molecule has 1 aromatic carbocycles. The maximum absolute atomic E-state index is 13.4. The van der Waals surface area contributed by atoms with Gasteiger partial charge in [0.05, 0.1) is 17.7 Å². The highest BCUT2D eigenvalue weighted by Gasteiger charge is 2.27. The maximum atomic E-state index is 13.4. The second kappa shape index (κ2) is 7.51. The predicted octanol–water partition coefficient (Wildman–Crippen LogP) is 4.22. The zero-order chi connectivity index (χ0) is 17.9. The SMILES string of the molecule is Cc1cc(F)ccc1S(=O)(=O)N(CCc1cccs1)Cc1ccco1. The molecule has 0 radical (unpaired) electrons. The molecule has 2 heterocycles. The molecule has 0 aliphatic heterocycles. The molecule has 0 N–H and O–H groups in total. The van der Waals surface area contributed by atoms with Crippen molar-refractivity contribution in [1.29, 1.82) is 0 Å². The number of benzene rings is 1. The summed E-state index contributed by atoms with van der Waals surface area (Å²) in [5.74, 6) is 0.113. The molecule has 0 aliphatic rings. The molecule has 0 atom stereocenters. The summed E-state index contributed by atoms with van der Waals surface area (Å²) in [4.78, 5) is 1.22. The number of hydrogen-bond acceptors (Lipinski definition) is 4. The van der Waals surface area contributed by atoms with Gasteiger partial charge in [0.2, 0.25) is 10.0 Å². The number of nitrogens with zero attached hydrogens (tertiary/aromatic N) is 1. The fraction of sp³-hybridized carbons (Fsp3) is 0.222. The molecule has 3 aromatic rings. The van der Waals surface area contributed by atoms with E-state index in [2.05, 4.69) is 0 Å². The van der Waals surface area contributed by atoms with Crippen molar-refractivity contribution in [1.82, 2.24) is 4.31 Å². The first kappa shape index (κ1) is 17.8. The normalized spacial score (nSPS) is 12.0. The van der Waals surface area contributed by atoms with Crippen LogP contribution in [0.25, 0.3) is 0 Å². The van der Waals surface area contributed by atoms with E-state index in [-0.39, 0.29) is 11.4 Å². The fourth-order valence-electron chi connectivity index (χ4n) is 2.59. The Labute approximate surface area is 150 Å². The molecule has 3 rings (SSSR count). The van der Waals surface area contributed by atoms with Crippen LogP contribution in [0.4, 0.5) is 4.39 Å². The Balaban J connectivity index is 1.90. The highest BCUT2D eigenvalue weighted by Crippen LogP contribution is 2.23. The largest absolute Gasteiger partial charge is 0.468 e. The van der Waals surface area contributed by atoms with E-state index in [0.29, 0.717) is 24.3 Å². The number of halogens is 1. The van der Waals surface area contributed by atoms with E-state index in [9.17, 15) is 12.8 Å².